The Balaban J connectivity index is 1.57. The number of nitrogen functional groups attached to an aromatic ring is 1. The second-order valence-corrected chi connectivity index (χ2v) is 8.29. The number of amidine groups is 1. The van der Waals surface area contributed by atoms with Crippen molar-refractivity contribution in [3.05, 3.63) is 53.6 Å². The van der Waals surface area contributed by atoms with Crippen LogP contribution in [0.4, 0.5) is 5.69 Å². The molecule has 2 aromatic rings. The van der Waals surface area contributed by atoms with Crippen LogP contribution in [-0.2, 0) is 16.6 Å². The van der Waals surface area contributed by atoms with Gasteiger partial charge in [-0.05, 0) is 43.9 Å². The normalized spacial score (nSPS) is 16.3. The number of nitrogens with zero attached hydrogens (tertiary/aromatic N) is 2. The molecule has 0 amide bonds. The molecule has 0 aliphatic carbocycles. The van der Waals surface area contributed by atoms with E-state index in [4.69, 9.17) is 10.5 Å². The van der Waals surface area contributed by atoms with E-state index in [1.165, 1.54) is 11.6 Å². The van der Waals surface area contributed by atoms with Gasteiger partial charge in [-0.3, -0.25) is 9.71 Å². The van der Waals surface area contributed by atoms with Crippen molar-refractivity contribution >= 4 is 21.5 Å². The van der Waals surface area contributed by atoms with Gasteiger partial charge in [-0.2, -0.15) is 0 Å². The van der Waals surface area contributed by atoms with E-state index in [1.807, 2.05) is 32.3 Å². The van der Waals surface area contributed by atoms with Crippen LogP contribution in [0.5, 0.6) is 5.75 Å². The molecule has 0 bridgehead atoms. The van der Waals surface area contributed by atoms with Gasteiger partial charge in [0, 0.05) is 25.2 Å². The molecule has 1 aliphatic rings. The van der Waals surface area contributed by atoms with Crippen LogP contribution in [0.3, 0.4) is 0 Å². The molecular weight excluding hydrogens is 364 g/mol. The number of ether oxygens (including phenoxy) is 1. The summed E-state index contributed by atoms with van der Waals surface area (Å²) in [7, 11) is 0.472. The summed E-state index contributed by atoms with van der Waals surface area (Å²) in [5.74, 6) is 1.12. The fourth-order valence-electron chi connectivity index (χ4n) is 2.91. The van der Waals surface area contributed by atoms with E-state index in [2.05, 4.69) is 20.7 Å². The van der Waals surface area contributed by atoms with Gasteiger partial charge >= 0.3 is 0 Å². The minimum atomic E-state index is -3.57. The fourth-order valence-corrected chi connectivity index (χ4v) is 4.19. The molecule has 144 valence electrons. The summed E-state index contributed by atoms with van der Waals surface area (Å²) in [6.07, 6.45) is 0.658. The number of sulfonamides is 1. The largest absolute Gasteiger partial charge is 0.494 e. The van der Waals surface area contributed by atoms with E-state index in [0.717, 1.165) is 12.3 Å². The van der Waals surface area contributed by atoms with Crippen molar-refractivity contribution in [2.45, 2.75) is 17.9 Å². The van der Waals surface area contributed by atoms with E-state index < -0.39 is 10.0 Å². The first-order chi connectivity index (χ1) is 12.9. The lowest BCUT2D eigenvalue weighted by molar-refractivity contribution is 0.312. The van der Waals surface area contributed by atoms with E-state index in [0.29, 0.717) is 36.7 Å². The lowest BCUT2D eigenvalue weighted by atomic mass is 10.1. The molecule has 0 spiro atoms. The summed E-state index contributed by atoms with van der Waals surface area (Å²) < 4.78 is 32.5. The molecule has 0 aromatic heterocycles. The second-order valence-electron chi connectivity index (χ2n) is 6.64. The van der Waals surface area contributed by atoms with Crippen molar-refractivity contribution in [2.24, 2.45) is 4.99 Å². The highest BCUT2D eigenvalue weighted by Crippen LogP contribution is 2.27. The molecule has 0 saturated heterocycles. The lowest BCUT2D eigenvalue weighted by Crippen LogP contribution is -2.22. The summed E-state index contributed by atoms with van der Waals surface area (Å²) in [6.45, 7) is 1.78. The first-order valence-electron chi connectivity index (χ1n) is 8.69. The fraction of sp³-hybridized carbons (Fsp3) is 0.316. The van der Waals surface area contributed by atoms with Crippen LogP contribution in [0.2, 0.25) is 0 Å². The maximum Gasteiger partial charge on any atom is 0.263 e. The third kappa shape index (κ3) is 4.58. The Morgan fingerprint density at radius 1 is 1.19 bits per heavy atom. The van der Waals surface area contributed by atoms with Gasteiger partial charge in [-0.25, -0.2) is 8.42 Å². The zero-order valence-electron chi connectivity index (χ0n) is 15.5. The highest BCUT2D eigenvalue weighted by atomic mass is 32.2. The zero-order chi connectivity index (χ0) is 19.4. The predicted molar refractivity (Wildman–Crippen MR) is 107 cm³/mol. The quantitative estimate of drug-likeness (QED) is 0.557. The van der Waals surface area contributed by atoms with Crippen molar-refractivity contribution in [1.29, 1.82) is 0 Å². The van der Waals surface area contributed by atoms with E-state index in [1.54, 1.807) is 12.1 Å². The maximum absolute atomic E-state index is 12.1. The molecule has 0 radical (unpaired) electrons. The molecule has 1 heterocycles. The van der Waals surface area contributed by atoms with Crippen LogP contribution in [0.1, 0.15) is 17.5 Å². The van der Waals surface area contributed by atoms with Gasteiger partial charge in [0.25, 0.3) is 10.0 Å². The Morgan fingerprint density at radius 3 is 2.74 bits per heavy atom. The van der Waals surface area contributed by atoms with Crippen LogP contribution in [0.15, 0.2) is 52.4 Å². The summed E-state index contributed by atoms with van der Waals surface area (Å²) in [5.41, 5.74) is 7.96. The first kappa shape index (κ1) is 19.2. The Morgan fingerprint density at radius 2 is 1.96 bits per heavy atom. The molecule has 0 atom stereocenters. The molecule has 27 heavy (non-hydrogen) atoms. The van der Waals surface area contributed by atoms with Gasteiger partial charge in [0.2, 0.25) is 0 Å². The van der Waals surface area contributed by atoms with E-state index in [9.17, 15) is 8.42 Å². The van der Waals surface area contributed by atoms with Gasteiger partial charge < -0.3 is 15.4 Å². The van der Waals surface area contributed by atoms with Crippen LogP contribution in [0.25, 0.3) is 0 Å². The Kier molecular flexibility index (Phi) is 5.67. The third-order valence-corrected chi connectivity index (χ3v) is 5.44. The smallest absolute Gasteiger partial charge is 0.263 e. The number of aliphatic imine (C=N–C) groups is 1. The number of hydrogen-bond acceptors (Lipinski definition) is 6. The average Bonchev–Trinajstić information content (AvgIpc) is 2.86. The van der Waals surface area contributed by atoms with Crippen molar-refractivity contribution < 1.29 is 13.2 Å². The number of hydrogen-bond donors (Lipinski definition) is 2. The molecule has 3 N–H and O–H groups in total. The van der Waals surface area contributed by atoms with E-state index in [-0.39, 0.29) is 4.90 Å². The highest BCUT2D eigenvalue weighted by Gasteiger charge is 2.32. The Hall–Kier alpha value is -2.58. The monoisotopic (exact) mass is 388 g/mol. The number of anilines is 1. The van der Waals surface area contributed by atoms with Gasteiger partial charge in [-0.1, -0.05) is 18.2 Å². The third-order valence-electron chi connectivity index (χ3n) is 4.05. The maximum atomic E-state index is 12.1. The van der Waals surface area contributed by atoms with Crippen molar-refractivity contribution in [3.63, 3.8) is 0 Å². The number of nitrogens with one attached hydrogen (secondary N) is 1. The number of fused-ring (bicyclic) bond motifs is 1. The van der Waals surface area contributed by atoms with Crippen LogP contribution < -0.4 is 15.2 Å². The van der Waals surface area contributed by atoms with Gasteiger partial charge in [0.15, 0.2) is 0 Å². The summed E-state index contributed by atoms with van der Waals surface area (Å²) in [6, 6.07) is 12.8. The minimum absolute atomic E-state index is 0.176. The molecular formula is C19H24N4O3S. The summed E-state index contributed by atoms with van der Waals surface area (Å²) >= 11 is 0. The van der Waals surface area contributed by atoms with Crippen molar-refractivity contribution in [1.82, 2.24) is 9.62 Å². The molecule has 2 aromatic carbocycles. The van der Waals surface area contributed by atoms with Gasteiger partial charge in [-0.15, -0.1) is 0 Å². The van der Waals surface area contributed by atoms with Crippen LogP contribution in [-0.4, -0.2) is 46.4 Å². The number of nitrogens with two attached hydrogens (primary N) is 1. The minimum Gasteiger partial charge on any atom is -0.494 e. The molecule has 0 saturated carbocycles. The molecule has 0 fully saturated rings. The predicted octanol–water partition coefficient (Wildman–Crippen LogP) is 1.84. The highest BCUT2D eigenvalue weighted by molar-refractivity contribution is 7.90. The molecule has 8 heteroatoms. The zero-order valence-corrected chi connectivity index (χ0v) is 16.3. The van der Waals surface area contributed by atoms with Crippen molar-refractivity contribution in [2.75, 3.05) is 33.0 Å². The Bertz CT molecular complexity index is 955. The van der Waals surface area contributed by atoms with Crippen molar-refractivity contribution in [3.8, 4) is 5.75 Å². The van der Waals surface area contributed by atoms with Crippen LogP contribution in [0, 0.1) is 0 Å². The molecule has 0 unspecified atom stereocenters. The first-order valence-corrected chi connectivity index (χ1v) is 10.2. The average molecular weight is 388 g/mol. The molecule has 3 rings (SSSR count). The van der Waals surface area contributed by atoms with Crippen LogP contribution >= 0.6 is 0 Å². The number of rotatable bonds is 7. The van der Waals surface area contributed by atoms with E-state index >= 15 is 0 Å². The second kappa shape index (κ2) is 7.98. The SMILES string of the molecule is CN(C)Cc1cccc(OCCCN=C2NS(=O)(=O)c3cccc(N)c32)c1. The Labute approximate surface area is 159 Å². The molecule has 7 nitrogen and oxygen atoms in total. The molecule has 1 aliphatic heterocycles. The topological polar surface area (TPSA) is 97.0 Å². The number of benzene rings is 2. The lowest BCUT2D eigenvalue weighted by Gasteiger charge is -2.11. The van der Waals surface area contributed by atoms with Gasteiger partial charge in [0.05, 0.1) is 12.2 Å². The van der Waals surface area contributed by atoms with Gasteiger partial charge in [0.1, 0.15) is 16.5 Å². The summed E-state index contributed by atoms with van der Waals surface area (Å²) in [4.78, 5) is 6.64. The summed E-state index contributed by atoms with van der Waals surface area (Å²) in [5, 5.41) is 0. The standard InChI is InChI=1S/C19H24N4O3S/c1-23(2)13-14-6-3-7-15(12-14)26-11-5-10-21-19-18-16(20)8-4-9-17(18)27(24,25)22-19/h3-4,6-9,12H,5,10-11,13,20H2,1-2H3,(H,21,22).